The average Bonchev–Trinajstić information content (AvgIpc) is 2.16. The minimum Gasteiger partial charge on any atom is -0.355 e. The van der Waals surface area contributed by atoms with Gasteiger partial charge in [0.15, 0.2) is 0 Å². The van der Waals surface area contributed by atoms with Crippen molar-refractivity contribution in [3.8, 4) is 12.3 Å². The number of carbonyl (C=O) groups excluding carboxylic acids is 1. The highest BCUT2D eigenvalue weighted by Crippen LogP contribution is 1.78. The lowest BCUT2D eigenvalue weighted by molar-refractivity contribution is -0.120. The van der Waals surface area contributed by atoms with Gasteiger partial charge in [-0.15, -0.1) is 6.42 Å². The average molecular weight is 247 g/mol. The molecule has 0 aliphatic carbocycles. The third-order valence-corrected chi connectivity index (χ3v) is 2.28. The van der Waals surface area contributed by atoms with Crippen LogP contribution in [-0.4, -0.2) is 46.8 Å². The summed E-state index contributed by atoms with van der Waals surface area (Å²) in [4.78, 5) is 11.1. The summed E-state index contributed by atoms with van der Waals surface area (Å²) in [7, 11) is -3.14. The summed E-state index contributed by atoms with van der Waals surface area (Å²) in [6.07, 6.45) is 6.63. The Labute approximate surface area is 96.2 Å². The highest BCUT2D eigenvalue weighted by Gasteiger charge is 2.00. The number of nitrogens with one attached hydrogen (secondary N) is 3. The molecule has 0 aliphatic heterocycles. The molecule has 0 saturated carbocycles. The summed E-state index contributed by atoms with van der Waals surface area (Å²) in [5.74, 6) is 2.19. The number of hydrogen-bond donors (Lipinski definition) is 3. The fraction of sp³-hybridized carbons (Fsp3) is 0.667. The van der Waals surface area contributed by atoms with Crippen LogP contribution in [0.25, 0.3) is 0 Å². The summed E-state index contributed by atoms with van der Waals surface area (Å²) in [5, 5.41) is 5.36. The van der Waals surface area contributed by atoms with Gasteiger partial charge in [0, 0.05) is 13.1 Å². The molecule has 0 radical (unpaired) electrons. The zero-order chi connectivity index (χ0) is 12.4. The Morgan fingerprint density at radius 3 is 2.62 bits per heavy atom. The number of rotatable bonds is 8. The molecule has 0 aromatic rings. The van der Waals surface area contributed by atoms with Crippen molar-refractivity contribution in [3.05, 3.63) is 0 Å². The van der Waals surface area contributed by atoms with Crippen molar-refractivity contribution in [2.75, 3.05) is 32.4 Å². The van der Waals surface area contributed by atoms with Crippen LogP contribution in [0.2, 0.25) is 0 Å². The van der Waals surface area contributed by atoms with E-state index in [1.807, 2.05) is 0 Å². The van der Waals surface area contributed by atoms with Crippen molar-refractivity contribution >= 4 is 15.9 Å². The number of carbonyl (C=O) groups is 1. The maximum atomic E-state index is 11.1. The third kappa shape index (κ3) is 11.0. The lowest BCUT2D eigenvalue weighted by atomic mass is 10.4. The van der Waals surface area contributed by atoms with E-state index in [-0.39, 0.29) is 12.5 Å². The van der Waals surface area contributed by atoms with Crippen molar-refractivity contribution in [3.63, 3.8) is 0 Å². The summed E-state index contributed by atoms with van der Waals surface area (Å²) in [6.45, 7) is 1.27. The number of amides is 1. The molecule has 92 valence electrons. The highest BCUT2D eigenvalue weighted by atomic mass is 32.2. The van der Waals surface area contributed by atoms with Crippen LogP contribution in [0.3, 0.4) is 0 Å². The van der Waals surface area contributed by atoms with Gasteiger partial charge in [-0.05, 0) is 6.42 Å². The van der Waals surface area contributed by atoms with E-state index in [2.05, 4.69) is 21.3 Å². The van der Waals surface area contributed by atoms with Crippen LogP contribution in [0.4, 0.5) is 0 Å². The van der Waals surface area contributed by atoms with E-state index in [1.54, 1.807) is 0 Å². The fourth-order valence-electron chi connectivity index (χ4n) is 0.884. The molecule has 0 fully saturated rings. The Balaban J connectivity index is 3.39. The van der Waals surface area contributed by atoms with Gasteiger partial charge in [-0.25, -0.2) is 13.1 Å². The van der Waals surface area contributed by atoms with Crippen LogP contribution >= 0.6 is 0 Å². The molecule has 0 unspecified atom stereocenters. The van der Waals surface area contributed by atoms with Crippen LogP contribution in [0.1, 0.15) is 6.42 Å². The van der Waals surface area contributed by atoms with Gasteiger partial charge in [0.2, 0.25) is 15.9 Å². The van der Waals surface area contributed by atoms with E-state index >= 15 is 0 Å². The zero-order valence-electron chi connectivity index (χ0n) is 9.25. The van der Waals surface area contributed by atoms with E-state index in [1.165, 1.54) is 0 Å². The third-order valence-electron chi connectivity index (χ3n) is 1.55. The molecule has 0 spiro atoms. The van der Waals surface area contributed by atoms with E-state index < -0.39 is 10.0 Å². The second-order valence-corrected chi connectivity index (χ2v) is 5.01. The van der Waals surface area contributed by atoms with E-state index in [0.29, 0.717) is 26.1 Å². The first-order valence-electron chi connectivity index (χ1n) is 4.81. The van der Waals surface area contributed by atoms with Crippen LogP contribution in [-0.2, 0) is 14.8 Å². The molecule has 3 N–H and O–H groups in total. The predicted molar refractivity (Wildman–Crippen MR) is 62.2 cm³/mol. The van der Waals surface area contributed by atoms with Crippen molar-refractivity contribution in [1.82, 2.24) is 15.4 Å². The minimum absolute atomic E-state index is 0.158. The van der Waals surface area contributed by atoms with Gasteiger partial charge < -0.3 is 5.32 Å². The van der Waals surface area contributed by atoms with E-state index in [0.717, 1.165) is 6.26 Å². The zero-order valence-corrected chi connectivity index (χ0v) is 10.1. The Morgan fingerprint density at radius 1 is 1.38 bits per heavy atom. The van der Waals surface area contributed by atoms with Crippen LogP contribution in [0.5, 0.6) is 0 Å². The molecule has 16 heavy (non-hydrogen) atoms. The molecule has 1 amide bonds. The van der Waals surface area contributed by atoms with Crippen molar-refractivity contribution < 1.29 is 13.2 Å². The quantitative estimate of drug-likeness (QED) is 0.351. The number of sulfonamides is 1. The first-order valence-corrected chi connectivity index (χ1v) is 6.70. The largest absolute Gasteiger partial charge is 0.355 e. The Hall–Kier alpha value is -1.10. The van der Waals surface area contributed by atoms with Gasteiger partial charge in [0.25, 0.3) is 0 Å². The topological polar surface area (TPSA) is 87.3 Å². The van der Waals surface area contributed by atoms with Crippen molar-refractivity contribution in [1.29, 1.82) is 0 Å². The molecule has 7 heteroatoms. The molecule has 0 aromatic heterocycles. The first-order chi connectivity index (χ1) is 7.45. The van der Waals surface area contributed by atoms with Gasteiger partial charge in [0.05, 0.1) is 19.3 Å². The second kappa shape index (κ2) is 8.10. The molecular formula is C9H17N3O3S. The maximum absolute atomic E-state index is 11.1. The molecule has 0 rings (SSSR count). The molecular weight excluding hydrogens is 230 g/mol. The highest BCUT2D eigenvalue weighted by molar-refractivity contribution is 7.88. The molecule has 0 heterocycles. The summed E-state index contributed by atoms with van der Waals surface area (Å²) in [6, 6.07) is 0. The smallest absolute Gasteiger partial charge is 0.233 e. The summed E-state index contributed by atoms with van der Waals surface area (Å²) in [5.41, 5.74) is 0. The van der Waals surface area contributed by atoms with Gasteiger partial charge in [-0.2, -0.15) is 0 Å². The fourth-order valence-corrected chi connectivity index (χ4v) is 1.40. The minimum atomic E-state index is -3.14. The SMILES string of the molecule is C#CCNCC(=O)NCCCNS(C)(=O)=O. The van der Waals surface area contributed by atoms with Gasteiger partial charge in [-0.1, -0.05) is 5.92 Å². The Morgan fingerprint density at radius 2 is 2.06 bits per heavy atom. The summed E-state index contributed by atoms with van der Waals surface area (Å²) < 4.78 is 23.7. The van der Waals surface area contributed by atoms with Crippen LogP contribution in [0, 0.1) is 12.3 Å². The second-order valence-electron chi connectivity index (χ2n) is 3.18. The molecule has 0 bridgehead atoms. The van der Waals surface area contributed by atoms with Crippen molar-refractivity contribution in [2.24, 2.45) is 0 Å². The molecule has 0 atom stereocenters. The predicted octanol–water partition coefficient (Wildman–Crippen LogP) is -1.74. The van der Waals surface area contributed by atoms with Gasteiger partial charge in [0.1, 0.15) is 0 Å². The van der Waals surface area contributed by atoms with Gasteiger partial charge in [-0.3, -0.25) is 10.1 Å². The normalized spacial score (nSPS) is 10.8. The van der Waals surface area contributed by atoms with Crippen molar-refractivity contribution in [2.45, 2.75) is 6.42 Å². The van der Waals surface area contributed by atoms with Gasteiger partial charge >= 0.3 is 0 Å². The molecule has 0 aromatic carbocycles. The van der Waals surface area contributed by atoms with Crippen LogP contribution in [0.15, 0.2) is 0 Å². The van der Waals surface area contributed by atoms with E-state index in [9.17, 15) is 13.2 Å². The standard InChI is InChI=1S/C9H17N3O3S/c1-3-5-10-8-9(13)11-6-4-7-12-16(2,14)15/h1,10,12H,4-8H2,2H3,(H,11,13). The number of hydrogen-bond acceptors (Lipinski definition) is 4. The van der Waals surface area contributed by atoms with E-state index in [4.69, 9.17) is 6.42 Å². The summed E-state index contributed by atoms with van der Waals surface area (Å²) >= 11 is 0. The molecule has 0 aliphatic rings. The maximum Gasteiger partial charge on any atom is 0.233 e. The lowest BCUT2D eigenvalue weighted by Crippen LogP contribution is -2.35. The van der Waals surface area contributed by atoms with Crippen LogP contribution < -0.4 is 15.4 Å². The Kier molecular flexibility index (Phi) is 7.54. The monoisotopic (exact) mass is 247 g/mol. The number of terminal acetylenes is 1. The Bertz CT molecular complexity index is 346. The first kappa shape index (κ1) is 14.9. The molecule has 6 nitrogen and oxygen atoms in total. The molecule has 0 saturated heterocycles. The lowest BCUT2D eigenvalue weighted by Gasteiger charge is -2.05.